The Morgan fingerprint density at radius 3 is 2.85 bits per heavy atom. The van der Waals surface area contributed by atoms with Crippen LogP contribution in [0.3, 0.4) is 0 Å². The second kappa shape index (κ2) is 5.04. The minimum absolute atomic E-state index is 0.489. The monoisotopic (exact) mass is 201 g/mol. The number of methoxy groups -OCH3 is 1. The number of aromatic nitrogens is 1. The lowest BCUT2D eigenvalue weighted by atomic mass is 10.3. The van der Waals surface area contributed by atoms with Crippen molar-refractivity contribution in [3.63, 3.8) is 0 Å². The van der Waals surface area contributed by atoms with Crippen molar-refractivity contribution in [3.8, 4) is 5.75 Å². The number of rotatable bonds is 4. The fourth-order valence-corrected chi connectivity index (χ4v) is 1.17. The van der Waals surface area contributed by atoms with Gasteiger partial charge in [0.2, 0.25) is 0 Å². The van der Waals surface area contributed by atoms with Crippen LogP contribution >= 0.6 is 11.6 Å². The van der Waals surface area contributed by atoms with Crippen LogP contribution in [-0.2, 0) is 4.74 Å². The Morgan fingerprint density at radius 1 is 1.46 bits per heavy atom. The molecule has 1 aromatic heterocycles. The Hall–Kier alpha value is -0.800. The number of halogens is 1. The van der Waals surface area contributed by atoms with Gasteiger partial charge in [-0.3, -0.25) is 4.98 Å². The molecule has 0 unspecified atom stereocenters. The molecule has 13 heavy (non-hydrogen) atoms. The molecule has 0 amide bonds. The molecule has 0 aliphatic heterocycles. The Kier molecular flexibility index (Phi) is 3.99. The van der Waals surface area contributed by atoms with Crippen LogP contribution in [0.2, 0.25) is 5.02 Å². The summed E-state index contributed by atoms with van der Waals surface area (Å²) in [5, 5.41) is 0.587. The summed E-state index contributed by atoms with van der Waals surface area (Å²) in [6, 6.07) is 1.71. The Bertz CT molecular complexity index is 258. The molecule has 0 N–H and O–H groups in total. The van der Waals surface area contributed by atoms with Crippen LogP contribution in [0.15, 0.2) is 12.3 Å². The van der Waals surface area contributed by atoms with E-state index in [1.807, 2.05) is 6.92 Å². The van der Waals surface area contributed by atoms with Crippen LogP contribution < -0.4 is 4.74 Å². The maximum absolute atomic E-state index is 5.90. The Labute approximate surface area is 82.6 Å². The van der Waals surface area contributed by atoms with Gasteiger partial charge in [-0.15, -0.1) is 0 Å². The highest BCUT2D eigenvalue weighted by Gasteiger charge is 2.04. The SMILES string of the molecule is COCCOc1c(Cl)ccnc1C. The first kappa shape index (κ1) is 10.3. The third-order valence-electron chi connectivity index (χ3n) is 1.57. The van der Waals surface area contributed by atoms with Gasteiger partial charge in [-0.1, -0.05) is 11.6 Å². The highest BCUT2D eigenvalue weighted by molar-refractivity contribution is 6.32. The predicted octanol–water partition coefficient (Wildman–Crippen LogP) is 2.07. The molecule has 1 heterocycles. The average molecular weight is 202 g/mol. The van der Waals surface area contributed by atoms with Crippen LogP contribution in [0.5, 0.6) is 5.75 Å². The summed E-state index contributed by atoms with van der Waals surface area (Å²) in [7, 11) is 1.63. The van der Waals surface area contributed by atoms with Crippen molar-refractivity contribution in [2.45, 2.75) is 6.92 Å². The van der Waals surface area contributed by atoms with E-state index in [9.17, 15) is 0 Å². The van der Waals surface area contributed by atoms with E-state index in [-0.39, 0.29) is 0 Å². The molecule has 0 saturated carbocycles. The van der Waals surface area contributed by atoms with E-state index < -0.39 is 0 Å². The van der Waals surface area contributed by atoms with E-state index in [2.05, 4.69) is 4.98 Å². The van der Waals surface area contributed by atoms with Crippen LogP contribution in [0, 0.1) is 6.92 Å². The molecule has 3 nitrogen and oxygen atoms in total. The zero-order chi connectivity index (χ0) is 9.68. The Balaban J connectivity index is 2.64. The van der Waals surface area contributed by atoms with Gasteiger partial charge in [0.05, 0.1) is 17.3 Å². The highest BCUT2D eigenvalue weighted by atomic mass is 35.5. The number of ether oxygens (including phenoxy) is 2. The van der Waals surface area contributed by atoms with Gasteiger partial charge < -0.3 is 9.47 Å². The third-order valence-corrected chi connectivity index (χ3v) is 1.87. The summed E-state index contributed by atoms with van der Waals surface area (Å²) < 4.78 is 10.2. The van der Waals surface area contributed by atoms with Crippen LogP contribution in [0.25, 0.3) is 0 Å². The minimum atomic E-state index is 0.489. The standard InChI is InChI=1S/C9H12ClNO2/c1-7-9(13-6-5-12-2)8(10)3-4-11-7/h3-4H,5-6H2,1-2H3. The Morgan fingerprint density at radius 2 is 2.23 bits per heavy atom. The fourth-order valence-electron chi connectivity index (χ4n) is 0.922. The van der Waals surface area contributed by atoms with Crippen molar-refractivity contribution >= 4 is 11.6 Å². The summed E-state index contributed by atoms with van der Waals surface area (Å²) in [4.78, 5) is 4.07. The summed E-state index contributed by atoms with van der Waals surface area (Å²) >= 11 is 5.90. The number of hydrogen-bond donors (Lipinski definition) is 0. The number of pyridine rings is 1. The zero-order valence-corrected chi connectivity index (χ0v) is 8.47. The lowest BCUT2D eigenvalue weighted by molar-refractivity contribution is 0.145. The molecule has 0 aliphatic carbocycles. The summed E-state index contributed by atoms with van der Waals surface area (Å²) in [5.41, 5.74) is 0.795. The van der Waals surface area contributed by atoms with Crippen LogP contribution in [0.4, 0.5) is 0 Å². The first-order valence-electron chi connectivity index (χ1n) is 3.98. The molecule has 1 aromatic rings. The van der Waals surface area contributed by atoms with E-state index in [4.69, 9.17) is 21.1 Å². The second-order valence-corrected chi connectivity index (χ2v) is 2.96. The van der Waals surface area contributed by atoms with Gasteiger partial charge in [0.25, 0.3) is 0 Å². The van der Waals surface area contributed by atoms with Crippen molar-refractivity contribution in [1.82, 2.24) is 4.98 Å². The average Bonchev–Trinajstić information content (AvgIpc) is 2.10. The number of hydrogen-bond acceptors (Lipinski definition) is 3. The van der Waals surface area contributed by atoms with E-state index in [0.717, 1.165) is 5.69 Å². The van der Waals surface area contributed by atoms with Gasteiger partial charge >= 0.3 is 0 Å². The lowest BCUT2D eigenvalue weighted by Crippen LogP contribution is -2.06. The van der Waals surface area contributed by atoms with Gasteiger partial charge in [-0.2, -0.15) is 0 Å². The summed E-state index contributed by atoms with van der Waals surface area (Å²) in [6.07, 6.45) is 1.65. The van der Waals surface area contributed by atoms with Crippen LogP contribution in [-0.4, -0.2) is 25.3 Å². The largest absolute Gasteiger partial charge is 0.488 e. The van der Waals surface area contributed by atoms with E-state index in [1.165, 1.54) is 0 Å². The predicted molar refractivity (Wildman–Crippen MR) is 51.4 cm³/mol. The van der Waals surface area contributed by atoms with Crippen molar-refractivity contribution in [1.29, 1.82) is 0 Å². The van der Waals surface area contributed by atoms with Gasteiger partial charge in [-0.05, 0) is 13.0 Å². The van der Waals surface area contributed by atoms with Crippen molar-refractivity contribution in [3.05, 3.63) is 23.0 Å². The molecule has 72 valence electrons. The van der Waals surface area contributed by atoms with E-state index in [1.54, 1.807) is 19.4 Å². The quantitative estimate of drug-likeness (QED) is 0.699. The van der Waals surface area contributed by atoms with Crippen LogP contribution in [0.1, 0.15) is 5.69 Å². The van der Waals surface area contributed by atoms with Gasteiger partial charge in [-0.25, -0.2) is 0 Å². The summed E-state index contributed by atoms with van der Waals surface area (Å²) in [5.74, 6) is 0.640. The van der Waals surface area contributed by atoms with Crippen molar-refractivity contribution in [2.24, 2.45) is 0 Å². The maximum Gasteiger partial charge on any atom is 0.159 e. The van der Waals surface area contributed by atoms with E-state index in [0.29, 0.717) is 24.0 Å². The number of aryl methyl sites for hydroxylation is 1. The van der Waals surface area contributed by atoms with Gasteiger partial charge in [0.1, 0.15) is 6.61 Å². The maximum atomic E-state index is 5.90. The molecular weight excluding hydrogens is 190 g/mol. The van der Waals surface area contributed by atoms with Gasteiger partial charge in [0, 0.05) is 13.3 Å². The molecule has 0 bridgehead atoms. The lowest BCUT2D eigenvalue weighted by Gasteiger charge is -2.08. The molecule has 1 rings (SSSR count). The smallest absolute Gasteiger partial charge is 0.159 e. The third kappa shape index (κ3) is 2.86. The molecule has 0 saturated heterocycles. The van der Waals surface area contributed by atoms with Crippen molar-refractivity contribution < 1.29 is 9.47 Å². The molecule has 0 radical (unpaired) electrons. The minimum Gasteiger partial charge on any atom is -0.488 e. The van der Waals surface area contributed by atoms with Gasteiger partial charge in [0.15, 0.2) is 5.75 Å². The second-order valence-electron chi connectivity index (χ2n) is 2.55. The van der Waals surface area contributed by atoms with Crippen molar-refractivity contribution in [2.75, 3.05) is 20.3 Å². The molecule has 0 spiro atoms. The normalized spacial score (nSPS) is 10.1. The molecule has 0 fully saturated rings. The highest BCUT2D eigenvalue weighted by Crippen LogP contribution is 2.25. The molecular formula is C9H12ClNO2. The van der Waals surface area contributed by atoms with E-state index >= 15 is 0 Å². The zero-order valence-electron chi connectivity index (χ0n) is 7.71. The molecule has 4 heteroatoms. The first-order chi connectivity index (χ1) is 6.25. The molecule has 0 atom stereocenters. The first-order valence-corrected chi connectivity index (χ1v) is 4.36. The topological polar surface area (TPSA) is 31.4 Å². The fraction of sp³-hybridized carbons (Fsp3) is 0.444. The molecule has 0 aliphatic rings. The molecule has 0 aromatic carbocycles. The summed E-state index contributed by atoms with van der Waals surface area (Å²) in [6.45, 7) is 2.89. The number of nitrogens with zero attached hydrogens (tertiary/aromatic N) is 1.